The lowest BCUT2D eigenvalue weighted by atomic mass is 9.83. The molecule has 0 aromatic heterocycles. The molecule has 2 N–H and O–H groups in total. The maximum Gasteiger partial charge on any atom is 0.326 e. The van der Waals surface area contributed by atoms with Crippen LogP contribution in [-0.2, 0) is 20.9 Å². The van der Waals surface area contributed by atoms with Gasteiger partial charge in [0, 0.05) is 13.0 Å². The highest BCUT2D eigenvalue weighted by Gasteiger charge is 2.43. The Morgan fingerprint density at radius 1 is 0.974 bits per heavy atom. The maximum atomic E-state index is 13.9. The van der Waals surface area contributed by atoms with Crippen LogP contribution in [0.4, 0.5) is 0 Å². The van der Waals surface area contributed by atoms with E-state index in [2.05, 4.69) is 53.9 Å². The second kappa shape index (κ2) is 12.7. The largest absolute Gasteiger partial charge is 0.480 e. The highest BCUT2D eigenvalue weighted by atomic mass is 16.5. The average molecular weight is 517 g/mol. The van der Waals surface area contributed by atoms with Crippen molar-refractivity contribution in [2.24, 2.45) is 5.92 Å². The number of hydrogen-bond donors (Lipinski definition) is 2. The summed E-state index contributed by atoms with van der Waals surface area (Å²) in [4.78, 5) is 27.6. The Kier molecular flexibility index (Phi) is 8.92. The first-order chi connectivity index (χ1) is 18.6. The van der Waals surface area contributed by atoms with Crippen LogP contribution in [-0.4, -0.2) is 53.2 Å². The molecule has 2 aromatic rings. The number of amides is 1. The van der Waals surface area contributed by atoms with Crippen LogP contribution in [0.25, 0.3) is 17.2 Å². The van der Waals surface area contributed by atoms with E-state index in [0.29, 0.717) is 19.6 Å². The summed E-state index contributed by atoms with van der Waals surface area (Å²) in [5.74, 6) is -0.748. The number of hydrogen-bond acceptors (Lipinski definition) is 4. The molecular weight excluding hydrogens is 476 g/mol. The Morgan fingerprint density at radius 3 is 2.58 bits per heavy atom. The van der Waals surface area contributed by atoms with Gasteiger partial charge in [-0.15, -0.1) is 0 Å². The molecule has 3 aliphatic rings. The molecule has 0 radical (unpaired) electrons. The number of allylic oxidation sites excluding steroid dienone is 1. The van der Waals surface area contributed by atoms with Crippen LogP contribution < -0.4 is 5.32 Å². The molecule has 1 saturated carbocycles. The van der Waals surface area contributed by atoms with Gasteiger partial charge in [-0.1, -0.05) is 67.8 Å². The fourth-order valence-corrected chi connectivity index (χ4v) is 6.24. The molecule has 38 heavy (non-hydrogen) atoms. The minimum absolute atomic E-state index is 0.0646. The molecule has 1 saturated heterocycles. The molecule has 0 unspecified atom stereocenters. The van der Waals surface area contributed by atoms with Crippen LogP contribution in [0.3, 0.4) is 0 Å². The summed E-state index contributed by atoms with van der Waals surface area (Å²) in [7, 11) is 0. The Morgan fingerprint density at radius 2 is 1.76 bits per heavy atom. The second-order valence-electron chi connectivity index (χ2n) is 11.1. The molecule has 5 rings (SSSR count). The first-order valence-electron chi connectivity index (χ1n) is 14.3. The molecule has 6 bridgehead atoms. The van der Waals surface area contributed by atoms with Gasteiger partial charge in [-0.05, 0) is 79.0 Å². The van der Waals surface area contributed by atoms with Crippen molar-refractivity contribution in [2.75, 3.05) is 13.1 Å². The van der Waals surface area contributed by atoms with E-state index in [0.717, 1.165) is 68.2 Å². The fraction of sp³-hybridized carbons (Fsp3) is 0.500. The number of ether oxygens (including phenoxy) is 1. The first kappa shape index (κ1) is 26.6. The number of benzene rings is 2. The number of carbonyl (C=O) groups excluding carboxylic acids is 1. The van der Waals surface area contributed by atoms with Gasteiger partial charge in [-0.2, -0.15) is 0 Å². The topological polar surface area (TPSA) is 78.9 Å². The van der Waals surface area contributed by atoms with Crippen molar-refractivity contribution in [2.45, 2.75) is 82.6 Å². The summed E-state index contributed by atoms with van der Waals surface area (Å²) >= 11 is 0. The minimum Gasteiger partial charge on any atom is -0.480 e. The van der Waals surface area contributed by atoms with Crippen LogP contribution in [0.5, 0.6) is 0 Å². The highest BCUT2D eigenvalue weighted by Crippen LogP contribution is 2.31. The molecule has 2 aliphatic heterocycles. The predicted molar refractivity (Wildman–Crippen MR) is 149 cm³/mol. The summed E-state index contributed by atoms with van der Waals surface area (Å²) in [6.07, 6.45) is 13.0. The molecule has 3 atom stereocenters. The molecule has 6 nitrogen and oxygen atoms in total. The van der Waals surface area contributed by atoms with E-state index < -0.39 is 12.0 Å². The Labute approximate surface area is 226 Å². The Balaban J connectivity index is 1.39. The third-order valence-electron chi connectivity index (χ3n) is 8.32. The first-order valence-corrected chi connectivity index (χ1v) is 14.3. The summed E-state index contributed by atoms with van der Waals surface area (Å²) in [5, 5.41) is 13.6. The highest BCUT2D eigenvalue weighted by molar-refractivity contribution is 5.88. The summed E-state index contributed by atoms with van der Waals surface area (Å²) in [6.45, 7) is 1.47. The van der Waals surface area contributed by atoms with Crippen molar-refractivity contribution in [3.8, 4) is 11.1 Å². The molecule has 6 heteroatoms. The third kappa shape index (κ3) is 6.54. The quantitative estimate of drug-likeness (QED) is 0.539. The standard InChI is InChI=1S/C32H40N2O4/c35-31-30(25-13-5-3-6-14-25)33-17-7-2-1-4-10-23-11-8-15-26(18-23)27-16-9-12-24(19-27)22-38-28-20-29(32(36)37)34(31)21-28/h4,8-12,15-16,18-19,25,28-30,33H,1-3,5-7,13-14,17,20-22H2,(H,36,37)/b10-4-/t28-,29+,30+/m1/s1. The summed E-state index contributed by atoms with van der Waals surface area (Å²) in [5.41, 5.74) is 4.51. The zero-order chi connectivity index (χ0) is 26.3. The number of nitrogens with zero attached hydrogens (tertiary/aromatic N) is 1. The zero-order valence-electron chi connectivity index (χ0n) is 22.2. The molecule has 2 aromatic carbocycles. The van der Waals surface area contributed by atoms with Gasteiger partial charge in [0.15, 0.2) is 0 Å². The second-order valence-corrected chi connectivity index (χ2v) is 11.1. The van der Waals surface area contributed by atoms with Gasteiger partial charge in [0.05, 0.1) is 18.8 Å². The van der Waals surface area contributed by atoms with Gasteiger partial charge in [-0.3, -0.25) is 4.79 Å². The minimum atomic E-state index is -0.945. The van der Waals surface area contributed by atoms with Crippen molar-refractivity contribution in [1.82, 2.24) is 10.2 Å². The maximum absolute atomic E-state index is 13.9. The van der Waals surface area contributed by atoms with Gasteiger partial charge < -0.3 is 20.1 Å². The SMILES string of the molecule is O=C(O)[C@@H]1C[C@@H]2CN1C(=O)[C@H](C1CCCCC1)NCCCC/C=C\c1cccc(c1)-c1cccc(c1)CO2. The monoisotopic (exact) mass is 516 g/mol. The van der Waals surface area contributed by atoms with Crippen LogP contribution in [0, 0.1) is 5.92 Å². The van der Waals surface area contributed by atoms with Crippen LogP contribution in [0.2, 0.25) is 0 Å². The van der Waals surface area contributed by atoms with E-state index in [4.69, 9.17) is 4.74 Å². The van der Waals surface area contributed by atoms with Crippen LogP contribution in [0.15, 0.2) is 54.6 Å². The van der Waals surface area contributed by atoms with Gasteiger partial charge >= 0.3 is 5.97 Å². The van der Waals surface area contributed by atoms with E-state index >= 15 is 0 Å². The normalized spacial score (nSPS) is 26.6. The summed E-state index contributed by atoms with van der Waals surface area (Å²) in [6, 6.07) is 15.7. The number of rotatable bonds is 2. The average Bonchev–Trinajstić information content (AvgIpc) is 3.38. The van der Waals surface area contributed by atoms with Crippen molar-refractivity contribution >= 4 is 18.0 Å². The number of carboxylic acid groups (broad SMARTS) is 1. The molecule has 0 spiro atoms. The Bertz CT molecular complexity index is 1140. The molecule has 1 aliphatic carbocycles. The van der Waals surface area contributed by atoms with E-state index in [9.17, 15) is 14.7 Å². The number of fused-ring (bicyclic) bond motifs is 7. The van der Waals surface area contributed by atoms with Crippen molar-refractivity contribution in [1.29, 1.82) is 0 Å². The van der Waals surface area contributed by atoms with E-state index in [1.54, 1.807) is 4.90 Å². The predicted octanol–water partition coefficient (Wildman–Crippen LogP) is 5.66. The number of carbonyl (C=O) groups is 2. The van der Waals surface area contributed by atoms with E-state index in [1.165, 1.54) is 12.0 Å². The van der Waals surface area contributed by atoms with Crippen LogP contribution in [0.1, 0.15) is 68.9 Å². The number of nitrogens with one attached hydrogen (secondary N) is 1. The third-order valence-corrected chi connectivity index (χ3v) is 8.32. The lowest BCUT2D eigenvalue weighted by Crippen LogP contribution is -2.54. The molecule has 1 amide bonds. The van der Waals surface area contributed by atoms with Gasteiger partial charge in [0.1, 0.15) is 6.04 Å². The number of aliphatic carboxylic acids is 1. The smallest absolute Gasteiger partial charge is 0.326 e. The number of carboxylic acids is 1. The van der Waals surface area contributed by atoms with E-state index in [-0.39, 0.29) is 24.0 Å². The fourth-order valence-electron chi connectivity index (χ4n) is 6.24. The van der Waals surface area contributed by atoms with Gasteiger partial charge in [0.25, 0.3) is 0 Å². The summed E-state index contributed by atoms with van der Waals surface area (Å²) < 4.78 is 6.23. The van der Waals surface area contributed by atoms with Crippen molar-refractivity contribution in [3.63, 3.8) is 0 Å². The molecule has 2 heterocycles. The van der Waals surface area contributed by atoms with Gasteiger partial charge in [-0.25, -0.2) is 4.79 Å². The zero-order valence-corrected chi connectivity index (χ0v) is 22.2. The molecule has 2 fully saturated rings. The molecule has 202 valence electrons. The lowest BCUT2D eigenvalue weighted by Gasteiger charge is -2.34. The van der Waals surface area contributed by atoms with Crippen molar-refractivity contribution < 1.29 is 19.4 Å². The van der Waals surface area contributed by atoms with E-state index in [1.807, 2.05) is 12.1 Å². The molecular formula is C32H40N2O4. The van der Waals surface area contributed by atoms with Crippen LogP contribution >= 0.6 is 0 Å². The Hall–Kier alpha value is -2.96. The van der Waals surface area contributed by atoms with Crippen molar-refractivity contribution in [3.05, 3.63) is 65.7 Å². The van der Waals surface area contributed by atoms with Gasteiger partial charge in [0.2, 0.25) is 5.91 Å². The lowest BCUT2D eigenvalue weighted by molar-refractivity contribution is -0.149.